The zero-order valence-corrected chi connectivity index (χ0v) is 20.1. The van der Waals surface area contributed by atoms with Crippen LogP contribution in [0.2, 0.25) is 0 Å². The van der Waals surface area contributed by atoms with Crippen LogP contribution in [-0.2, 0) is 32.2 Å². The Morgan fingerprint density at radius 2 is 1.43 bits per heavy atom. The predicted octanol–water partition coefficient (Wildman–Crippen LogP) is 4.39. The summed E-state index contributed by atoms with van der Waals surface area (Å²) < 4.78 is 22.4. The van der Waals surface area contributed by atoms with Gasteiger partial charge in [-0.25, -0.2) is 0 Å². The van der Waals surface area contributed by atoms with E-state index in [0.717, 1.165) is 61.9 Å². The molecule has 0 aromatic heterocycles. The fourth-order valence-electron chi connectivity index (χ4n) is 4.91. The summed E-state index contributed by atoms with van der Waals surface area (Å²) in [6.45, 7) is 3.00. The molecule has 164 valence electrons. The number of fused-ring (bicyclic) bond motifs is 3. The second-order valence-electron chi connectivity index (χ2n) is 7.80. The van der Waals surface area contributed by atoms with Crippen molar-refractivity contribution in [2.45, 2.75) is 38.6 Å². The zero-order chi connectivity index (χ0) is 20.4. The Morgan fingerprint density at radius 3 is 2.13 bits per heavy atom. The Bertz CT molecular complexity index is 900. The minimum Gasteiger partial charge on any atom is -0.493 e. The standard InChI is InChI=1S/C24H31NO4.BrH/c1-26-21-9-8-16(14-22(21)27-2)10-12-25-13-11-18-17-6-5-7-19(17)23(28-3)24(29-4)20(18)15-25;/h8-9,14H,5-7,10-13,15H2,1-4H3;1H. The highest BCUT2D eigenvalue weighted by molar-refractivity contribution is 8.93. The number of benzene rings is 2. The van der Waals surface area contributed by atoms with Crippen molar-refractivity contribution in [2.75, 3.05) is 41.5 Å². The van der Waals surface area contributed by atoms with E-state index in [1.807, 2.05) is 6.07 Å². The number of ether oxygens (including phenoxy) is 4. The molecule has 4 rings (SSSR count). The molecule has 5 nitrogen and oxygen atoms in total. The average molecular weight is 478 g/mol. The number of hydrogen-bond acceptors (Lipinski definition) is 5. The van der Waals surface area contributed by atoms with Gasteiger partial charge in [0.25, 0.3) is 0 Å². The van der Waals surface area contributed by atoms with Gasteiger partial charge in [0.1, 0.15) is 0 Å². The molecule has 2 aromatic rings. The fraction of sp³-hybridized carbons (Fsp3) is 0.500. The smallest absolute Gasteiger partial charge is 0.165 e. The Balaban J connectivity index is 0.00000256. The summed E-state index contributed by atoms with van der Waals surface area (Å²) >= 11 is 0. The number of hydrogen-bond donors (Lipinski definition) is 0. The van der Waals surface area contributed by atoms with Crippen LogP contribution in [0.15, 0.2) is 18.2 Å². The fourth-order valence-corrected chi connectivity index (χ4v) is 4.91. The second kappa shape index (κ2) is 9.92. The number of halogens is 1. The third kappa shape index (κ3) is 4.12. The molecule has 0 fully saturated rings. The second-order valence-corrected chi connectivity index (χ2v) is 7.80. The monoisotopic (exact) mass is 477 g/mol. The van der Waals surface area contributed by atoms with E-state index in [1.165, 1.54) is 40.7 Å². The van der Waals surface area contributed by atoms with Crippen LogP contribution >= 0.6 is 17.0 Å². The molecule has 0 radical (unpaired) electrons. The van der Waals surface area contributed by atoms with E-state index in [0.29, 0.717) is 0 Å². The van der Waals surface area contributed by atoms with Gasteiger partial charge in [-0.3, -0.25) is 4.90 Å². The van der Waals surface area contributed by atoms with Gasteiger partial charge < -0.3 is 18.9 Å². The van der Waals surface area contributed by atoms with Crippen molar-refractivity contribution in [2.24, 2.45) is 0 Å². The van der Waals surface area contributed by atoms with Crippen LogP contribution < -0.4 is 18.9 Å². The minimum atomic E-state index is 0. The molecular weight excluding hydrogens is 446 g/mol. The van der Waals surface area contributed by atoms with Gasteiger partial charge >= 0.3 is 0 Å². The summed E-state index contributed by atoms with van der Waals surface area (Å²) in [6, 6.07) is 6.18. The molecule has 1 aliphatic heterocycles. The molecule has 6 heteroatoms. The number of methoxy groups -OCH3 is 4. The van der Waals surface area contributed by atoms with Crippen LogP contribution in [0.4, 0.5) is 0 Å². The average Bonchev–Trinajstić information content (AvgIpc) is 3.26. The molecule has 1 heterocycles. The molecule has 0 unspecified atom stereocenters. The van der Waals surface area contributed by atoms with Gasteiger partial charge in [0.15, 0.2) is 23.0 Å². The van der Waals surface area contributed by atoms with Crippen molar-refractivity contribution in [3.8, 4) is 23.0 Å². The van der Waals surface area contributed by atoms with Gasteiger partial charge in [0.2, 0.25) is 0 Å². The summed E-state index contributed by atoms with van der Waals surface area (Å²) in [6.07, 6.45) is 5.55. The van der Waals surface area contributed by atoms with Crippen molar-refractivity contribution < 1.29 is 18.9 Å². The van der Waals surface area contributed by atoms with Crippen LogP contribution in [0.3, 0.4) is 0 Å². The Hall–Kier alpha value is -1.92. The van der Waals surface area contributed by atoms with E-state index in [4.69, 9.17) is 18.9 Å². The highest BCUT2D eigenvalue weighted by atomic mass is 79.9. The highest BCUT2D eigenvalue weighted by Gasteiger charge is 2.30. The van der Waals surface area contributed by atoms with Gasteiger partial charge in [-0.05, 0) is 60.9 Å². The maximum Gasteiger partial charge on any atom is 0.165 e. The SMILES string of the molecule is Br.COc1ccc(CCN2CCc3c4c(c(OC)c(OC)c3C2)CCC4)cc1OC. The molecule has 0 amide bonds. The molecule has 2 aromatic carbocycles. The van der Waals surface area contributed by atoms with Crippen molar-refractivity contribution >= 4 is 17.0 Å². The molecule has 0 N–H and O–H groups in total. The third-order valence-corrected chi connectivity index (χ3v) is 6.33. The first kappa shape index (κ1) is 22.8. The molecular formula is C24H32BrNO4. The summed E-state index contributed by atoms with van der Waals surface area (Å²) in [5, 5.41) is 0. The molecule has 0 saturated heterocycles. The first-order valence-corrected chi connectivity index (χ1v) is 10.4. The molecule has 0 saturated carbocycles. The van der Waals surface area contributed by atoms with Crippen molar-refractivity contribution in [3.63, 3.8) is 0 Å². The van der Waals surface area contributed by atoms with Crippen LogP contribution in [-0.4, -0.2) is 46.4 Å². The summed E-state index contributed by atoms with van der Waals surface area (Å²) in [5.41, 5.74) is 6.99. The molecule has 0 bridgehead atoms. The van der Waals surface area contributed by atoms with Crippen LogP contribution in [0.25, 0.3) is 0 Å². The number of rotatable bonds is 7. The van der Waals surface area contributed by atoms with Gasteiger partial charge in [0, 0.05) is 30.8 Å². The van der Waals surface area contributed by atoms with Gasteiger partial charge in [-0.2, -0.15) is 0 Å². The van der Waals surface area contributed by atoms with E-state index in [2.05, 4.69) is 17.0 Å². The quantitative estimate of drug-likeness (QED) is 0.591. The van der Waals surface area contributed by atoms with E-state index >= 15 is 0 Å². The molecule has 0 atom stereocenters. The van der Waals surface area contributed by atoms with Gasteiger partial charge in [-0.1, -0.05) is 6.07 Å². The zero-order valence-electron chi connectivity index (χ0n) is 18.4. The van der Waals surface area contributed by atoms with E-state index < -0.39 is 0 Å². The van der Waals surface area contributed by atoms with Crippen LogP contribution in [0.1, 0.15) is 34.2 Å². The Labute approximate surface area is 190 Å². The molecule has 2 aliphatic rings. The number of nitrogens with zero attached hydrogens (tertiary/aromatic N) is 1. The largest absolute Gasteiger partial charge is 0.493 e. The lowest BCUT2D eigenvalue weighted by Crippen LogP contribution is -2.33. The van der Waals surface area contributed by atoms with Crippen LogP contribution in [0, 0.1) is 0 Å². The van der Waals surface area contributed by atoms with E-state index in [-0.39, 0.29) is 17.0 Å². The first-order valence-electron chi connectivity index (χ1n) is 10.4. The Morgan fingerprint density at radius 1 is 0.767 bits per heavy atom. The first-order chi connectivity index (χ1) is 14.2. The highest BCUT2D eigenvalue weighted by Crippen LogP contribution is 2.45. The normalized spacial score (nSPS) is 15.1. The molecule has 1 aliphatic carbocycles. The molecule has 0 spiro atoms. The lowest BCUT2D eigenvalue weighted by atomic mass is 9.90. The van der Waals surface area contributed by atoms with Crippen molar-refractivity contribution in [1.29, 1.82) is 0 Å². The van der Waals surface area contributed by atoms with Crippen molar-refractivity contribution in [1.82, 2.24) is 4.90 Å². The predicted molar refractivity (Wildman–Crippen MR) is 124 cm³/mol. The van der Waals surface area contributed by atoms with E-state index in [1.54, 1.807) is 28.4 Å². The van der Waals surface area contributed by atoms with E-state index in [9.17, 15) is 0 Å². The summed E-state index contributed by atoms with van der Waals surface area (Å²) in [7, 11) is 6.88. The minimum absolute atomic E-state index is 0. The lowest BCUT2D eigenvalue weighted by Gasteiger charge is -2.32. The maximum absolute atomic E-state index is 5.84. The topological polar surface area (TPSA) is 40.2 Å². The lowest BCUT2D eigenvalue weighted by molar-refractivity contribution is 0.248. The summed E-state index contributed by atoms with van der Waals surface area (Å²) in [4.78, 5) is 2.52. The van der Waals surface area contributed by atoms with Gasteiger partial charge in [0.05, 0.1) is 28.4 Å². The molecule has 30 heavy (non-hydrogen) atoms. The van der Waals surface area contributed by atoms with Gasteiger partial charge in [-0.15, -0.1) is 17.0 Å². The summed E-state index contributed by atoms with van der Waals surface area (Å²) in [5.74, 6) is 3.46. The Kier molecular flexibility index (Phi) is 7.53. The third-order valence-electron chi connectivity index (χ3n) is 6.33. The van der Waals surface area contributed by atoms with Crippen LogP contribution in [0.5, 0.6) is 23.0 Å². The van der Waals surface area contributed by atoms with Crippen molar-refractivity contribution in [3.05, 3.63) is 46.0 Å². The maximum atomic E-state index is 5.84.